The molecule has 1 fully saturated rings. The van der Waals surface area contributed by atoms with Crippen molar-refractivity contribution >= 4 is 0 Å². The van der Waals surface area contributed by atoms with Gasteiger partial charge in [0.05, 0.1) is 0 Å². The van der Waals surface area contributed by atoms with Crippen molar-refractivity contribution < 1.29 is 0 Å². The number of fused-ring (bicyclic) bond motifs is 4. The molecule has 0 spiro atoms. The maximum atomic E-state index is 9.14. The second-order valence-corrected chi connectivity index (χ2v) is 5.13. The van der Waals surface area contributed by atoms with Gasteiger partial charge < -0.3 is 4.90 Å². The van der Waals surface area contributed by atoms with Crippen molar-refractivity contribution in [1.82, 2.24) is 4.90 Å². The predicted molar refractivity (Wildman–Crippen MR) is 62.8 cm³/mol. The Hall–Kier alpha value is -1.49. The molecule has 2 bridgehead atoms. The van der Waals surface area contributed by atoms with Crippen molar-refractivity contribution in [1.29, 1.82) is 5.26 Å². The Morgan fingerprint density at radius 2 is 2.19 bits per heavy atom. The number of rotatable bonds is 0. The molecule has 0 saturated carbocycles. The highest BCUT2D eigenvalue weighted by Gasteiger charge is 2.38. The average molecular weight is 212 g/mol. The number of hydrogen-bond acceptors (Lipinski definition) is 2. The van der Waals surface area contributed by atoms with Gasteiger partial charge in [-0.1, -0.05) is 31.2 Å². The lowest BCUT2D eigenvalue weighted by Gasteiger charge is -2.45. The summed E-state index contributed by atoms with van der Waals surface area (Å²) >= 11 is 0. The maximum Gasteiger partial charge on any atom is 0.179 e. The zero-order chi connectivity index (χ0) is 11.1. The lowest BCUT2D eigenvalue weighted by Crippen LogP contribution is -2.46. The minimum Gasteiger partial charge on any atom is -0.307 e. The molecule has 0 radical (unpaired) electrons. The number of piperidine rings is 1. The summed E-state index contributed by atoms with van der Waals surface area (Å²) in [4.78, 5) is 1.98. The lowest BCUT2D eigenvalue weighted by atomic mass is 9.71. The highest BCUT2D eigenvalue weighted by molar-refractivity contribution is 5.35. The summed E-state index contributed by atoms with van der Waals surface area (Å²) in [5, 5.41) is 9.14. The molecule has 0 amide bonds. The van der Waals surface area contributed by atoms with Gasteiger partial charge in [0.25, 0.3) is 0 Å². The van der Waals surface area contributed by atoms with Crippen LogP contribution in [0, 0.1) is 17.4 Å². The van der Waals surface area contributed by atoms with Crippen LogP contribution in [-0.2, 0) is 6.42 Å². The molecule has 3 rings (SSSR count). The van der Waals surface area contributed by atoms with Gasteiger partial charge in [0.1, 0.15) is 0 Å². The number of benzene rings is 1. The molecule has 1 heterocycles. The van der Waals surface area contributed by atoms with E-state index in [-0.39, 0.29) is 0 Å². The van der Waals surface area contributed by atoms with Crippen molar-refractivity contribution in [3.05, 3.63) is 35.4 Å². The Labute approximate surface area is 96.5 Å². The topological polar surface area (TPSA) is 27.0 Å². The first-order valence-corrected chi connectivity index (χ1v) is 6.03. The summed E-state index contributed by atoms with van der Waals surface area (Å²) in [6.45, 7) is 3.20. The molecule has 1 aromatic rings. The molecule has 0 unspecified atom stereocenters. The Kier molecular flexibility index (Phi) is 2.14. The van der Waals surface area contributed by atoms with Crippen LogP contribution in [0.4, 0.5) is 0 Å². The van der Waals surface area contributed by atoms with E-state index in [1.54, 1.807) is 0 Å². The summed E-state index contributed by atoms with van der Waals surface area (Å²) < 4.78 is 0. The molecular weight excluding hydrogens is 196 g/mol. The first-order valence-electron chi connectivity index (χ1n) is 6.03. The van der Waals surface area contributed by atoms with Gasteiger partial charge in [-0.05, 0) is 35.8 Å². The minimum absolute atomic E-state index is 0.445. The van der Waals surface area contributed by atoms with Gasteiger partial charge >= 0.3 is 0 Å². The molecule has 1 aliphatic carbocycles. The summed E-state index contributed by atoms with van der Waals surface area (Å²) in [7, 11) is 0. The second-order valence-electron chi connectivity index (χ2n) is 5.13. The van der Waals surface area contributed by atoms with Gasteiger partial charge in [-0.25, -0.2) is 0 Å². The van der Waals surface area contributed by atoms with Crippen LogP contribution in [0.5, 0.6) is 0 Å². The third-order valence-electron chi connectivity index (χ3n) is 4.18. The van der Waals surface area contributed by atoms with E-state index in [4.69, 9.17) is 5.26 Å². The molecule has 82 valence electrons. The van der Waals surface area contributed by atoms with Gasteiger partial charge in [-0.3, -0.25) is 0 Å². The van der Waals surface area contributed by atoms with Crippen LogP contribution < -0.4 is 0 Å². The van der Waals surface area contributed by atoms with Gasteiger partial charge in [-0.15, -0.1) is 0 Å². The Balaban J connectivity index is 2.03. The quantitative estimate of drug-likeness (QED) is 0.618. The normalized spacial score (nSPS) is 31.8. The molecule has 1 aliphatic heterocycles. The van der Waals surface area contributed by atoms with Crippen molar-refractivity contribution in [2.45, 2.75) is 31.7 Å². The summed E-state index contributed by atoms with van der Waals surface area (Å²) in [6, 6.07) is 9.20. The van der Waals surface area contributed by atoms with E-state index in [0.29, 0.717) is 17.9 Å². The Morgan fingerprint density at radius 1 is 1.38 bits per heavy atom. The van der Waals surface area contributed by atoms with Crippen LogP contribution in [-0.4, -0.2) is 17.5 Å². The number of hydrogen-bond donors (Lipinski definition) is 0. The van der Waals surface area contributed by atoms with Gasteiger partial charge in [-0.2, -0.15) is 5.26 Å². The summed E-state index contributed by atoms with van der Waals surface area (Å²) in [6.07, 6.45) is 4.56. The van der Waals surface area contributed by atoms with E-state index in [0.717, 1.165) is 19.4 Å². The molecule has 16 heavy (non-hydrogen) atoms. The van der Waals surface area contributed by atoms with Crippen molar-refractivity contribution in [3.63, 3.8) is 0 Å². The van der Waals surface area contributed by atoms with E-state index in [1.165, 1.54) is 11.1 Å². The third-order valence-corrected chi connectivity index (χ3v) is 4.18. The largest absolute Gasteiger partial charge is 0.307 e. The minimum atomic E-state index is 0.445. The Bertz CT molecular complexity index is 446. The molecule has 2 nitrogen and oxygen atoms in total. The zero-order valence-corrected chi connectivity index (χ0v) is 9.56. The molecular formula is C14H16N2. The second kappa shape index (κ2) is 3.52. The van der Waals surface area contributed by atoms with Crippen molar-refractivity contribution in [3.8, 4) is 6.19 Å². The molecule has 0 aromatic heterocycles. The summed E-state index contributed by atoms with van der Waals surface area (Å²) in [5.41, 5.74) is 2.99. The van der Waals surface area contributed by atoms with E-state index >= 15 is 0 Å². The average Bonchev–Trinajstić information content (AvgIpc) is 2.33. The van der Waals surface area contributed by atoms with Crippen molar-refractivity contribution in [2.24, 2.45) is 5.92 Å². The number of likely N-dealkylation sites (tertiary alicyclic amines) is 1. The highest BCUT2D eigenvalue weighted by atomic mass is 15.2. The third kappa shape index (κ3) is 1.31. The van der Waals surface area contributed by atoms with E-state index in [1.807, 2.05) is 4.90 Å². The SMILES string of the molecule is C[C@@H]1CN(C#N)[C@@H]2Cc3ccccc3[C@H]1C2. The van der Waals surface area contributed by atoms with Crippen LogP contribution in [0.2, 0.25) is 0 Å². The highest BCUT2D eigenvalue weighted by Crippen LogP contribution is 2.42. The smallest absolute Gasteiger partial charge is 0.179 e. The first-order chi connectivity index (χ1) is 7.79. The first kappa shape index (κ1) is 9.72. The van der Waals surface area contributed by atoms with E-state index in [9.17, 15) is 0 Å². The fourth-order valence-electron chi connectivity index (χ4n) is 3.32. The molecule has 2 aliphatic rings. The fraction of sp³-hybridized carbons (Fsp3) is 0.500. The predicted octanol–water partition coefficient (Wildman–Crippen LogP) is 2.52. The van der Waals surface area contributed by atoms with Crippen LogP contribution >= 0.6 is 0 Å². The zero-order valence-electron chi connectivity index (χ0n) is 9.56. The van der Waals surface area contributed by atoms with Crippen LogP contribution in [0.1, 0.15) is 30.4 Å². The number of nitrogens with zero attached hydrogens (tertiary/aromatic N) is 2. The standard InChI is InChI=1S/C14H16N2/c1-10-8-16(9-15)12-6-11-4-2-3-5-13(11)14(10)7-12/h2-5,10,12,14H,6-8H2,1H3/t10-,12-,14+/m1/s1. The molecule has 0 N–H and O–H groups in total. The van der Waals surface area contributed by atoms with Gasteiger partial charge in [0.2, 0.25) is 0 Å². The van der Waals surface area contributed by atoms with Gasteiger partial charge in [0.15, 0.2) is 6.19 Å². The molecule has 3 atom stereocenters. The van der Waals surface area contributed by atoms with Gasteiger partial charge in [0, 0.05) is 12.6 Å². The lowest BCUT2D eigenvalue weighted by molar-refractivity contribution is 0.143. The van der Waals surface area contributed by atoms with Crippen LogP contribution in [0.25, 0.3) is 0 Å². The molecule has 1 aromatic carbocycles. The number of nitriles is 1. The molecule has 2 heteroatoms. The summed E-state index contributed by atoms with van der Waals surface area (Å²) in [5.74, 6) is 1.26. The molecule has 1 saturated heterocycles. The van der Waals surface area contributed by atoms with Crippen molar-refractivity contribution in [2.75, 3.05) is 6.54 Å². The van der Waals surface area contributed by atoms with Crippen LogP contribution in [0.15, 0.2) is 24.3 Å². The fourth-order valence-corrected chi connectivity index (χ4v) is 3.32. The Morgan fingerprint density at radius 3 is 3.00 bits per heavy atom. The van der Waals surface area contributed by atoms with E-state index < -0.39 is 0 Å². The monoisotopic (exact) mass is 212 g/mol. The maximum absolute atomic E-state index is 9.14. The van der Waals surface area contributed by atoms with Crippen LogP contribution in [0.3, 0.4) is 0 Å². The van der Waals surface area contributed by atoms with E-state index in [2.05, 4.69) is 37.4 Å².